The van der Waals surface area contributed by atoms with Crippen molar-refractivity contribution >= 4 is 14.0 Å². The third-order valence-corrected chi connectivity index (χ3v) is 3.06. The minimum absolute atomic E-state index is 0.0736. The number of carbonyl (C=O) groups excluding carboxylic acids is 1. The quantitative estimate of drug-likeness (QED) is 0.111. The molecular weight excluding hydrogens is 305 g/mol. The van der Waals surface area contributed by atoms with Gasteiger partial charge in [0.1, 0.15) is 18.3 Å². The van der Waals surface area contributed by atoms with Gasteiger partial charge in [-0.15, -0.1) is 0 Å². The van der Waals surface area contributed by atoms with Gasteiger partial charge in [0.05, 0.1) is 6.54 Å². The van der Waals surface area contributed by atoms with Crippen molar-refractivity contribution in [3.8, 4) is 0 Å². The van der Waals surface area contributed by atoms with Crippen LogP contribution < -0.4 is 0 Å². The fourth-order valence-electron chi connectivity index (χ4n) is 1.45. The van der Waals surface area contributed by atoms with E-state index >= 15 is 0 Å². The number of aliphatic hydroxyl groups is 2. The molecule has 0 aliphatic carbocycles. The first-order valence-corrected chi connectivity index (χ1v) is 8.02. The second kappa shape index (κ2) is 10.0. The van der Waals surface area contributed by atoms with Crippen molar-refractivity contribution in [1.82, 2.24) is 5.06 Å². The molecule has 0 saturated carbocycles. The minimum Gasteiger partial charge on any atom is -0.388 e. The summed E-state index contributed by atoms with van der Waals surface area (Å²) >= 11 is 0. The van der Waals surface area contributed by atoms with Crippen molar-refractivity contribution in [3.05, 3.63) is 11.9 Å². The number of nitrogens with zero attached hydrogens (tertiary/aromatic N) is 1. The van der Waals surface area contributed by atoms with E-state index in [1.807, 2.05) is 6.92 Å². The van der Waals surface area contributed by atoms with Crippen LogP contribution >= 0.6 is 7.60 Å². The molecule has 10 heteroatoms. The average molecular weight is 327 g/mol. The first kappa shape index (κ1) is 20.2. The molecule has 21 heavy (non-hydrogen) atoms. The van der Waals surface area contributed by atoms with Crippen molar-refractivity contribution < 1.29 is 39.3 Å². The van der Waals surface area contributed by atoms with Gasteiger partial charge in [-0.1, -0.05) is 13.3 Å². The molecule has 3 atom stereocenters. The first-order chi connectivity index (χ1) is 9.71. The Morgan fingerprint density at radius 2 is 1.95 bits per heavy atom. The Labute approximate surface area is 122 Å². The molecule has 0 rings (SSSR count). The van der Waals surface area contributed by atoms with E-state index in [-0.39, 0.29) is 18.1 Å². The van der Waals surface area contributed by atoms with Gasteiger partial charge in [-0.2, -0.15) is 0 Å². The maximum atomic E-state index is 10.7. The highest BCUT2D eigenvalue weighted by Gasteiger charge is 2.28. The Hall–Kier alpha value is -0.800. The number of amides is 1. The second-order valence-electron chi connectivity index (χ2n) is 4.40. The summed E-state index contributed by atoms with van der Waals surface area (Å²) in [6, 6.07) is 0. The highest BCUT2D eigenvalue weighted by atomic mass is 31.2. The van der Waals surface area contributed by atoms with E-state index < -0.39 is 32.5 Å². The van der Waals surface area contributed by atoms with Crippen LogP contribution in [0.3, 0.4) is 0 Å². The van der Waals surface area contributed by atoms with Gasteiger partial charge < -0.3 is 24.7 Å². The molecular formula is C11H22NO8P. The third kappa shape index (κ3) is 9.70. The van der Waals surface area contributed by atoms with Crippen molar-refractivity contribution in [2.75, 3.05) is 13.2 Å². The van der Waals surface area contributed by atoms with E-state index in [1.165, 1.54) is 0 Å². The van der Waals surface area contributed by atoms with Crippen molar-refractivity contribution in [3.63, 3.8) is 0 Å². The van der Waals surface area contributed by atoms with E-state index in [4.69, 9.17) is 19.7 Å². The number of hydrogen-bond donors (Lipinski definition) is 5. The Balaban J connectivity index is 4.81. The van der Waals surface area contributed by atoms with E-state index in [1.54, 1.807) is 0 Å². The molecule has 0 unspecified atom stereocenters. The Morgan fingerprint density at radius 1 is 1.33 bits per heavy atom. The van der Waals surface area contributed by atoms with Crippen LogP contribution in [-0.2, 0) is 14.1 Å². The molecule has 0 fully saturated rings. The Morgan fingerprint density at radius 3 is 2.43 bits per heavy atom. The van der Waals surface area contributed by atoms with Gasteiger partial charge in [-0.05, 0) is 12.5 Å². The van der Waals surface area contributed by atoms with Crippen molar-refractivity contribution in [1.29, 1.82) is 0 Å². The molecule has 1 amide bonds. The van der Waals surface area contributed by atoms with E-state index in [9.17, 15) is 19.6 Å². The first-order valence-electron chi connectivity index (χ1n) is 6.34. The molecule has 0 bridgehead atoms. The fraction of sp³-hybridized carbons (Fsp3) is 0.727. The predicted molar refractivity (Wildman–Crippen MR) is 72.4 cm³/mol. The fourth-order valence-corrected chi connectivity index (χ4v) is 1.85. The predicted octanol–water partition coefficient (Wildman–Crippen LogP) is -0.568. The third-order valence-electron chi connectivity index (χ3n) is 2.50. The number of ether oxygens (including phenoxy) is 1. The zero-order valence-corrected chi connectivity index (χ0v) is 12.5. The molecule has 0 heterocycles. The summed E-state index contributed by atoms with van der Waals surface area (Å²) in [6.45, 7) is 1.59. The zero-order chi connectivity index (χ0) is 16.5. The van der Waals surface area contributed by atoms with Gasteiger partial charge >= 0.3 is 7.60 Å². The second-order valence-corrected chi connectivity index (χ2v) is 5.88. The SMILES string of the molecule is CCCCO[C@H]([C@H](O)/C=C/P(=O)(O)O)[C@@H](O)CN(O)C=O. The summed E-state index contributed by atoms with van der Waals surface area (Å²) in [5, 5.41) is 28.9. The Kier molecular flexibility index (Phi) is 9.63. The molecule has 0 aromatic heterocycles. The highest BCUT2D eigenvalue weighted by Crippen LogP contribution is 2.36. The molecule has 0 aromatic carbocycles. The smallest absolute Gasteiger partial charge is 0.348 e. The van der Waals surface area contributed by atoms with Crippen LogP contribution in [0.25, 0.3) is 0 Å². The van der Waals surface area contributed by atoms with Crippen molar-refractivity contribution in [2.24, 2.45) is 0 Å². The largest absolute Gasteiger partial charge is 0.388 e. The molecule has 0 aromatic rings. The lowest BCUT2D eigenvalue weighted by Crippen LogP contribution is -2.45. The average Bonchev–Trinajstić information content (AvgIpc) is 2.39. The van der Waals surface area contributed by atoms with Crippen LogP contribution in [0.15, 0.2) is 11.9 Å². The summed E-state index contributed by atoms with van der Waals surface area (Å²) in [5.74, 6) is 0.497. The summed E-state index contributed by atoms with van der Waals surface area (Å²) < 4.78 is 16.0. The van der Waals surface area contributed by atoms with Gasteiger partial charge in [-0.3, -0.25) is 14.6 Å². The van der Waals surface area contributed by atoms with Crippen LogP contribution in [0, 0.1) is 0 Å². The monoisotopic (exact) mass is 327 g/mol. The van der Waals surface area contributed by atoms with Crippen LogP contribution in [0.1, 0.15) is 19.8 Å². The standard InChI is InChI=1S/C11H22NO8P/c1-2-3-5-20-11(10(15)7-12(16)8-13)9(14)4-6-21(17,18)19/h4,6,8-11,14-16H,2-3,5,7H2,1H3,(H2,17,18,19)/b6-4+/t9-,10+,11-/m1/s1. The van der Waals surface area contributed by atoms with Gasteiger partial charge in [0.2, 0.25) is 6.41 Å². The molecule has 0 saturated heterocycles. The maximum absolute atomic E-state index is 10.7. The molecule has 0 aliphatic heterocycles. The minimum atomic E-state index is -4.45. The lowest BCUT2D eigenvalue weighted by molar-refractivity contribution is -0.165. The summed E-state index contributed by atoms with van der Waals surface area (Å²) in [5.41, 5.74) is 0. The highest BCUT2D eigenvalue weighted by molar-refractivity contribution is 7.55. The molecule has 0 radical (unpaired) electrons. The summed E-state index contributed by atoms with van der Waals surface area (Å²) in [4.78, 5) is 27.7. The van der Waals surface area contributed by atoms with Crippen LogP contribution in [0.4, 0.5) is 0 Å². The number of carbonyl (C=O) groups is 1. The molecule has 124 valence electrons. The topological polar surface area (TPSA) is 148 Å². The zero-order valence-electron chi connectivity index (χ0n) is 11.6. The number of hydrogen-bond acceptors (Lipinski definition) is 6. The van der Waals surface area contributed by atoms with E-state index in [0.29, 0.717) is 12.2 Å². The Bertz CT molecular complexity index is 371. The van der Waals surface area contributed by atoms with Gasteiger partial charge in [0.25, 0.3) is 0 Å². The van der Waals surface area contributed by atoms with Crippen LogP contribution in [-0.4, -0.2) is 68.1 Å². The number of hydroxylamine groups is 2. The van der Waals surface area contributed by atoms with Crippen LogP contribution in [0.5, 0.6) is 0 Å². The van der Waals surface area contributed by atoms with Crippen LogP contribution in [0.2, 0.25) is 0 Å². The normalized spacial score (nSPS) is 16.7. The number of rotatable bonds is 11. The molecule has 0 aliphatic rings. The van der Waals surface area contributed by atoms with Crippen molar-refractivity contribution in [2.45, 2.75) is 38.1 Å². The lowest BCUT2D eigenvalue weighted by atomic mass is 10.1. The van der Waals surface area contributed by atoms with Gasteiger partial charge in [-0.25, -0.2) is 5.06 Å². The molecule has 9 nitrogen and oxygen atoms in total. The number of unbranched alkanes of at least 4 members (excludes halogenated alkanes) is 1. The lowest BCUT2D eigenvalue weighted by Gasteiger charge is -2.27. The number of aliphatic hydroxyl groups excluding tert-OH is 2. The van der Waals surface area contributed by atoms with E-state index in [0.717, 1.165) is 12.5 Å². The summed E-state index contributed by atoms with van der Waals surface area (Å²) in [7, 11) is -4.45. The maximum Gasteiger partial charge on any atom is 0.348 e. The molecule has 0 spiro atoms. The van der Waals surface area contributed by atoms with Gasteiger partial charge in [0.15, 0.2) is 0 Å². The summed E-state index contributed by atoms with van der Waals surface area (Å²) in [6.07, 6.45) is -1.85. The van der Waals surface area contributed by atoms with E-state index in [2.05, 4.69) is 0 Å². The van der Waals surface area contributed by atoms with Gasteiger partial charge in [0, 0.05) is 12.4 Å². The molecule has 5 N–H and O–H groups in total.